The summed E-state index contributed by atoms with van der Waals surface area (Å²) in [7, 11) is 0. The summed E-state index contributed by atoms with van der Waals surface area (Å²) in [5, 5.41) is 14.7. The summed E-state index contributed by atoms with van der Waals surface area (Å²) in [6.07, 6.45) is 6.72. The van der Waals surface area contributed by atoms with E-state index in [1.54, 1.807) is 42.2 Å². The molecule has 8 heteroatoms. The average Bonchev–Trinajstić information content (AvgIpc) is 3.69. The van der Waals surface area contributed by atoms with Crippen molar-refractivity contribution in [1.82, 2.24) is 20.3 Å². The van der Waals surface area contributed by atoms with Crippen LogP contribution in [0.5, 0.6) is 0 Å². The third-order valence-corrected chi connectivity index (χ3v) is 7.46. The van der Waals surface area contributed by atoms with Crippen molar-refractivity contribution >= 4 is 33.8 Å². The van der Waals surface area contributed by atoms with Gasteiger partial charge < -0.3 is 10.3 Å². The van der Waals surface area contributed by atoms with Crippen LogP contribution in [-0.4, -0.2) is 26.6 Å². The highest BCUT2D eigenvalue weighted by molar-refractivity contribution is 7.11. The number of amides is 1. The van der Waals surface area contributed by atoms with Crippen molar-refractivity contribution in [2.75, 3.05) is 0 Å². The Kier molecular flexibility index (Phi) is 8.20. The molecule has 0 saturated heterocycles. The van der Waals surface area contributed by atoms with Crippen molar-refractivity contribution < 1.29 is 9.59 Å². The summed E-state index contributed by atoms with van der Waals surface area (Å²) in [4.78, 5) is 38.1. The van der Waals surface area contributed by atoms with E-state index in [-0.39, 0.29) is 17.7 Å². The Balaban J connectivity index is 1.25. The van der Waals surface area contributed by atoms with Crippen LogP contribution in [-0.2, 0) is 0 Å². The number of fused-ring (bicyclic) bond motifs is 1. The SMILES string of the molecule is N#Cc1ccccc1C(=O)CCCCC[C@H](NC(=O)c1cncs1)c1ncc(-c2ccc3ccccc3c2)[nH]1. The maximum absolute atomic E-state index is 12.9. The van der Waals surface area contributed by atoms with Crippen LogP contribution in [0.4, 0.5) is 0 Å². The minimum absolute atomic E-state index is 0.0201. The van der Waals surface area contributed by atoms with Crippen LogP contribution in [0.2, 0.25) is 0 Å². The van der Waals surface area contributed by atoms with Crippen LogP contribution in [0.1, 0.15) is 69.6 Å². The van der Waals surface area contributed by atoms with Crippen molar-refractivity contribution in [3.05, 3.63) is 106 Å². The monoisotopic (exact) mass is 533 g/mol. The molecule has 2 N–H and O–H groups in total. The van der Waals surface area contributed by atoms with Gasteiger partial charge >= 0.3 is 0 Å². The molecule has 0 aliphatic rings. The highest BCUT2D eigenvalue weighted by Crippen LogP contribution is 2.26. The molecule has 39 heavy (non-hydrogen) atoms. The van der Waals surface area contributed by atoms with E-state index < -0.39 is 0 Å². The van der Waals surface area contributed by atoms with E-state index in [4.69, 9.17) is 0 Å². The first-order chi connectivity index (χ1) is 19.1. The van der Waals surface area contributed by atoms with Gasteiger partial charge in [0, 0.05) is 17.5 Å². The maximum atomic E-state index is 12.9. The van der Waals surface area contributed by atoms with Gasteiger partial charge in [-0.25, -0.2) is 4.98 Å². The quantitative estimate of drug-likeness (QED) is 0.142. The Labute approximate surface area is 230 Å². The average molecular weight is 534 g/mol. The molecule has 194 valence electrons. The van der Waals surface area contributed by atoms with E-state index in [9.17, 15) is 14.9 Å². The summed E-state index contributed by atoms with van der Waals surface area (Å²) >= 11 is 1.29. The predicted molar refractivity (Wildman–Crippen MR) is 152 cm³/mol. The van der Waals surface area contributed by atoms with Crippen LogP contribution < -0.4 is 5.32 Å². The van der Waals surface area contributed by atoms with Crippen LogP contribution in [0, 0.1) is 11.3 Å². The van der Waals surface area contributed by atoms with Crippen LogP contribution in [0.15, 0.2) is 84.6 Å². The molecule has 0 aliphatic heterocycles. The van der Waals surface area contributed by atoms with Crippen molar-refractivity contribution in [3.8, 4) is 17.3 Å². The second-order valence-corrected chi connectivity index (χ2v) is 10.2. The number of unbranched alkanes of at least 4 members (excludes halogenated alkanes) is 2. The smallest absolute Gasteiger partial charge is 0.263 e. The van der Waals surface area contributed by atoms with Crippen LogP contribution in [0.25, 0.3) is 22.0 Å². The second-order valence-electron chi connectivity index (χ2n) is 9.32. The topological polar surface area (TPSA) is 112 Å². The van der Waals surface area contributed by atoms with Gasteiger partial charge in [-0.05, 0) is 35.7 Å². The van der Waals surface area contributed by atoms with Gasteiger partial charge in [-0.3, -0.25) is 14.6 Å². The number of hydrogen-bond donors (Lipinski definition) is 2. The molecule has 0 unspecified atom stereocenters. The molecule has 0 fully saturated rings. The van der Waals surface area contributed by atoms with Gasteiger partial charge in [0.2, 0.25) is 0 Å². The Morgan fingerprint density at radius 3 is 2.62 bits per heavy atom. The molecule has 7 nitrogen and oxygen atoms in total. The number of imidazole rings is 1. The number of nitriles is 1. The number of H-pyrrole nitrogens is 1. The second kappa shape index (κ2) is 12.3. The summed E-state index contributed by atoms with van der Waals surface area (Å²) in [5.74, 6) is 0.484. The van der Waals surface area contributed by atoms with Gasteiger partial charge in [-0.15, -0.1) is 11.3 Å². The molecule has 1 atom stereocenters. The Bertz CT molecular complexity index is 1630. The standard InChI is InChI=1S/C31H27N5O2S/c32-17-24-10-6-7-11-25(24)28(37)13-3-1-2-12-26(36-31(38)29-19-33-20-39-29)30-34-18-27(35-30)23-15-14-21-8-4-5-9-22(21)16-23/h4-11,14-16,18-20,26H,1-3,12-13H2,(H,34,35)(H,36,38)/t26-/m0/s1. The first-order valence-electron chi connectivity index (χ1n) is 12.9. The number of benzene rings is 3. The summed E-state index contributed by atoms with van der Waals surface area (Å²) < 4.78 is 0. The summed E-state index contributed by atoms with van der Waals surface area (Å²) in [6.45, 7) is 0. The predicted octanol–water partition coefficient (Wildman–Crippen LogP) is 6.86. The number of nitrogens with one attached hydrogen (secondary N) is 2. The summed E-state index contributed by atoms with van der Waals surface area (Å²) in [6, 6.07) is 23.2. The molecule has 0 bridgehead atoms. The lowest BCUT2D eigenvalue weighted by Crippen LogP contribution is -2.28. The molecule has 0 radical (unpaired) electrons. The van der Waals surface area contributed by atoms with Crippen molar-refractivity contribution in [3.63, 3.8) is 0 Å². The van der Waals surface area contributed by atoms with Gasteiger partial charge in [0.15, 0.2) is 5.78 Å². The molecule has 0 aliphatic carbocycles. The molecular weight excluding hydrogens is 506 g/mol. The first-order valence-corrected chi connectivity index (χ1v) is 13.8. The van der Waals surface area contributed by atoms with Crippen molar-refractivity contribution in [1.29, 1.82) is 5.26 Å². The summed E-state index contributed by atoms with van der Waals surface area (Å²) in [5.41, 5.74) is 4.43. The number of ketones is 1. The minimum atomic E-state index is -0.316. The van der Waals surface area contributed by atoms with Crippen molar-refractivity contribution in [2.45, 2.75) is 38.1 Å². The lowest BCUT2D eigenvalue weighted by Gasteiger charge is -2.16. The Morgan fingerprint density at radius 2 is 1.79 bits per heavy atom. The van der Waals surface area contributed by atoms with E-state index in [1.165, 1.54) is 16.7 Å². The van der Waals surface area contributed by atoms with E-state index >= 15 is 0 Å². The van der Waals surface area contributed by atoms with Gasteiger partial charge in [-0.1, -0.05) is 67.4 Å². The number of aromatic amines is 1. The van der Waals surface area contributed by atoms with E-state index in [2.05, 4.69) is 56.7 Å². The fourth-order valence-electron chi connectivity index (χ4n) is 4.62. The number of Topliss-reactive ketones (excluding diaryl/α,β-unsaturated/α-hetero) is 1. The molecule has 5 aromatic rings. The van der Waals surface area contributed by atoms with Gasteiger partial charge in [0.25, 0.3) is 5.91 Å². The van der Waals surface area contributed by atoms with E-state index in [0.717, 1.165) is 29.5 Å². The number of carbonyl (C=O) groups is 2. The minimum Gasteiger partial charge on any atom is -0.341 e. The number of thiazole rings is 1. The molecular formula is C31H27N5O2S. The molecule has 0 saturated carbocycles. The highest BCUT2D eigenvalue weighted by atomic mass is 32.1. The van der Waals surface area contributed by atoms with Gasteiger partial charge in [0.05, 0.1) is 41.3 Å². The normalized spacial score (nSPS) is 11.7. The third-order valence-electron chi connectivity index (χ3n) is 6.69. The van der Waals surface area contributed by atoms with Crippen molar-refractivity contribution in [2.24, 2.45) is 0 Å². The van der Waals surface area contributed by atoms with Gasteiger partial charge in [0.1, 0.15) is 10.7 Å². The molecule has 5 rings (SSSR count). The van der Waals surface area contributed by atoms with E-state index in [0.29, 0.717) is 41.1 Å². The number of carbonyl (C=O) groups excluding carboxylic acids is 2. The number of hydrogen-bond acceptors (Lipinski definition) is 6. The maximum Gasteiger partial charge on any atom is 0.263 e. The fraction of sp³-hybridized carbons (Fsp3) is 0.194. The lowest BCUT2D eigenvalue weighted by molar-refractivity contribution is 0.0935. The molecule has 1 amide bonds. The third kappa shape index (κ3) is 6.28. The molecule has 2 heterocycles. The zero-order valence-corrected chi connectivity index (χ0v) is 22.1. The number of aromatic nitrogens is 3. The lowest BCUT2D eigenvalue weighted by atomic mass is 9.99. The molecule has 3 aromatic carbocycles. The van der Waals surface area contributed by atoms with Gasteiger partial charge in [-0.2, -0.15) is 5.26 Å². The molecule has 2 aromatic heterocycles. The van der Waals surface area contributed by atoms with Crippen LogP contribution in [0.3, 0.4) is 0 Å². The van der Waals surface area contributed by atoms with E-state index in [1.807, 2.05) is 12.1 Å². The van der Waals surface area contributed by atoms with Crippen LogP contribution >= 0.6 is 11.3 Å². The Hall–Kier alpha value is -4.61. The fourth-order valence-corrected chi connectivity index (χ4v) is 5.14. The largest absolute Gasteiger partial charge is 0.341 e. The zero-order valence-electron chi connectivity index (χ0n) is 21.3. The highest BCUT2D eigenvalue weighted by Gasteiger charge is 2.20. The zero-order chi connectivity index (χ0) is 27.0. The Morgan fingerprint density at radius 1 is 0.974 bits per heavy atom. The molecule has 0 spiro atoms. The number of nitrogens with zero attached hydrogens (tertiary/aromatic N) is 3. The number of rotatable bonds is 11. The first kappa shape index (κ1) is 26.0.